The first-order valence-corrected chi connectivity index (χ1v) is 16.2. The van der Waals surface area contributed by atoms with Crippen LogP contribution in [0, 0.1) is 17.8 Å². The normalized spacial score (nSPS) is 27.2. The number of fused-ring (bicyclic) bond motifs is 1. The molecular weight excluding hydrogens is 543 g/mol. The summed E-state index contributed by atoms with van der Waals surface area (Å²) in [5, 5.41) is 3.04. The first-order valence-electron chi connectivity index (χ1n) is 14.5. The average Bonchev–Trinajstić information content (AvgIpc) is 3.29. The predicted octanol–water partition coefficient (Wildman–Crippen LogP) is 5.13. The Kier molecular flexibility index (Phi) is 9.59. The van der Waals surface area contributed by atoms with E-state index >= 15 is 0 Å². The molecule has 1 N–H and O–H groups in total. The Morgan fingerprint density at radius 2 is 1.77 bits per heavy atom. The number of carbonyl (C=O) groups excluding carboxylic acids is 1. The van der Waals surface area contributed by atoms with Gasteiger partial charge in [0.25, 0.3) is 5.91 Å². The van der Waals surface area contributed by atoms with Gasteiger partial charge in [0.15, 0.2) is 5.60 Å². The Morgan fingerprint density at radius 3 is 2.33 bits per heavy atom. The summed E-state index contributed by atoms with van der Waals surface area (Å²) in [6, 6.07) is 6.01. The van der Waals surface area contributed by atoms with Crippen molar-refractivity contribution in [2.45, 2.75) is 83.7 Å². The summed E-state index contributed by atoms with van der Waals surface area (Å²) in [4.78, 5) is 15.4. The number of alkyl halides is 3. The van der Waals surface area contributed by atoms with Crippen molar-refractivity contribution in [1.29, 1.82) is 0 Å². The van der Waals surface area contributed by atoms with E-state index in [0.717, 1.165) is 32.1 Å². The average molecular weight is 588 g/mol. The molecule has 3 aliphatic rings. The van der Waals surface area contributed by atoms with Gasteiger partial charge in [0.05, 0.1) is 5.75 Å². The van der Waals surface area contributed by atoms with Crippen LogP contribution in [-0.4, -0.2) is 74.3 Å². The van der Waals surface area contributed by atoms with Gasteiger partial charge in [-0.2, -0.15) is 13.2 Å². The van der Waals surface area contributed by atoms with Gasteiger partial charge in [-0.3, -0.25) is 9.69 Å². The van der Waals surface area contributed by atoms with Crippen molar-refractivity contribution in [3.8, 4) is 0 Å². The largest absolute Gasteiger partial charge is 0.417 e. The highest BCUT2D eigenvalue weighted by atomic mass is 32.2. The Bertz CT molecular complexity index is 1140. The molecule has 2 fully saturated rings. The van der Waals surface area contributed by atoms with E-state index < -0.39 is 21.8 Å². The minimum atomic E-state index is -4.36. The second kappa shape index (κ2) is 12.3. The minimum Gasteiger partial charge on any atom is -0.369 e. The van der Waals surface area contributed by atoms with Gasteiger partial charge in [-0.15, -0.1) is 0 Å². The fraction of sp³-hybridized carbons (Fsp3) is 0.759. The van der Waals surface area contributed by atoms with Gasteiger partial charge in [0, 0.05) is 51.4 Å². The molecule has 1 aromatic carbocycles. The lowest BCUT2D eigenvalue weighted by Gasteiger charge is -2.41. The van der Waals surface area contributed by atoms with Crippen LogP contribution in [0.5, 0.6) is 0 Å². The van der Waals surface area contributed by atoms with Crippen LogP contribution < -0.4 is 5.32 Å². The number of benzene rings is 1. The van der Waals surface area contributed by atoms with Crippen LogP contribution in [0.4, 0.5) is 13.2 Å². The number of halogens is 3. The highest BCUT2D eigenvalue weighted by molar-refractivity contribution is 7.89. The quantitative estimate of drug-likeness (QED) is 0.434. The van der Waals surface area contributed by atoms with Crippen LogP contribution >= 0.6 is 0 Å². The van der Waals surface area contributed by atoms with Crippen molar-refractivity contribution < 1.29 is 31.1 Å². The number of nitrogens with zero attached hydrogens (tertiary/aromatic N) is 2. The lowest BCUT2D eigenvalue weighted by Crippen LogP contribution is -2.50. The summed E-state index contributed by atoms with van der Waals surface area (Å²) in [5.74, 6) is 0.700. The van der Waals surface area contributed by atoms with Crippen molar-refractivity contribution in [3.63, 3.8) is 0 Å². The maximum absolute atomic E-state index is 13.6. The Labute approximate surface area is 236 Å². The fourth-order valence-corrected chi connectivity index (χ4v) is 7.95. The molecule has 0 aromatic heterocycles. The Balaban J connectivity index is 1.34. The molecule has 1 aliphatic carbocycles. The number of methoxy groups -OCH3 is 1. The van der Waals surface area contributed by atoms with Gasteiger partial charge in [-0.25, -0.2) is 12.7 Å². The van der Waals surface area contributed by atoms with Crippen molar-refractivity contribution in [3.05, 3.63) is 34.9 Å². The molecule has 0 unspecified atom stereocenters. The second-order valence-electron chi connectivity index (χ2n) is 12.1. The Hall–Kier alpha value is -1.69. The molecule has 1 saturated heterocycles. The van der Waals surface area contributed by atoms with Gasteiger partial charge in [0.2, 0.25) is 10.0 Å². The number of sulfonamides is 1. The molecule has 226 valence electrons. The second-order valence-corrected chi connectivity index (χ2v) is 14.4. The first-order chi connectivity index (χ1) is 18.8. The molecule has 2 aliphatic heterocycles. The number of amides is 1. The van der Waals surface area contributed by atoms with Crippen LogP contribution in [0.1, 0.15) is 86.8 Å². The topological polar surface area (TPSA) is 79.0 Å². The minimum absolute atomic E-state index is 0.0113. The van der Waals surface area contributed by atoms with Crippen LogP contribution in [0.25, 0.3) is 0 Å². The molecule has 7 nitrogen and oxygen atoms in total. The Morgan fingerprint density at radius 1 is 1.12 bits per heavy atom. The molecule has 11 heteroatoms. The monoisotopic (exact) mass is 587 g/mol. The van der Waals surface area contributed by atoms with E-state index in [9.17, 15) is 26.4 Å². The molecule has 0 spiro atoms. The smallest absolute Gasteiger partial charge is 0.369 e. The number of carbonyl (C=O) groups is 1. The van der Waals surface area contributed by atoms with Gasteiger partial charge in [-0.05, 0) is 86.5 Å². The summed E-state index contributed by atoms with van der Waals surface area (Å²) >= 11 is 0. The van der Waals surface area contributed by atoms with Crippen molar-refractivity contribution >= 4 is 15.9 Å². The van der Waals surface area contributed by atoms with Crippen molar-refractivity contribution in [2.75, 3.05) is 39.0 Å². The van der Waals surface area contributed by atoms with Crippen LogP contribution in [0.2, 0.25) is 0 Å². The highest BCUT2D eigenvalue weighted by Gasteiger charge is 2.56. The highest BCUT2D eigenvalue weighted by Crippen LogP contribution is 2.47. The van der Waals surface area contributed by atoms with Gasteiger partial charge < -0.3 is 10.1 Å². The van der Waals surface area contributed by atoms with E-state index in [1.54, 1.807) is 11.2 Å². The third kappa shape index (κ3) is 6.52. The summed E-state index contributed by atoms with van der Waals surface area (Å²) in [6.45, 7) is 8.87. The molecule has 4 rings (SSSR count). The molecule has 0 radical (unpaired) electrons. The number of ether oxygens (including phenoxy) is 1. The van der Waals surface area contributed by atoms with E-state index in [-0.39, 0.29) is 42.4 Å². The van der Waals surface area contributed by atoms with Crippen LogP contribution in [0.15, 0.2) is 18.2 Å². The van der Waals surface area contributed by atoms with Gasteiger partial charge >= 0.3 is 6.18 Å². The summed E-state index contributed by atoms with van der Waals surface area (Å²) in [6.07, 6.45) is -1.98. The summed E-state index contributed by atoms with van der Waals surface area (Å²) in [7, 11) is -2.01. The molecule has 0 bridgehead atoms. The fourth-order valence-electron chi connectivity index (χ4n) is 6.82. The summed E-state index contributed by atoms with van der Waals surface area (Å²) in [5.41, 5.74) is 0.860. The standard InChI is InChI=1S/C29H44F3N3O4S/c1-5-40(37,38)35-14-10-21(11-15-35)17-33-27(36)23-6-7-25-24(16-23)19-34(26(25)20(2)3)18-22-8-12-28(39-4,13-9-22)29(30,31)32/h6-7,16,20-22,26H,5,8-15,17-19H2,1-4H3,(H,33,36)/t22?,26-,28?/m1/s1. The van der Waals surface area contributed by atoms with Crippen LogP contribution in [0.3, 0.4) is 0 Å². The third-order valence-electron chi connectivity index (χ3n) is 9.32. The molecule has 1 saturated carbocycles. The van der Waals surface area contributed by atoms with E-state index in [1.807, 2.05) is 18.2 Å². The van der Waals surface area contributed by atoms with Crippen LogP contribution in [-0.2, 0) is 21.3 Å². The van der Waals surface area contributed by atoms with E-state index in [0.29, 0.717) is 50.5 Å². The van der Waals surface area contributed by atoms with E-state index in [2.05, 4.69) is 24.1 Å². The first kappa shape index (κ1) is 31.3. The number of hydrogen-bond donors (Lipinski definition) is 1. The van der Waals surface area contributed by atoms with Gasteiger partial charge in [0.1, 0.15) is 0 Å². The van der Waals surface area contributed by atoms with Crippen molar-refractivity contribution in [1.82, 2.24) is 14.5 Å². The zero-order valence-electron chi connectivity index (χ0n) is 24.1. The van der Waals surface area contributed by atoms with Crippen molar-refractivity contribution in [2.24, 2.45) is 17.8 Å². The molecular formula is C29H44F3N3O4S. The molecule has 2 heterocycles. The maximum atomic E-state index is 13.6. The number of rotatable bonds is 9. The van der Waals surface area contributed by atoms with Gasteiger partial charge in [-0.1, -0.05) is 19.9 Å². The third-order valence-corrected chi connectivity index (χ3v) is 11.2. The predicted molar refractivity (Wildman–Crippen MR) is 148 cm³/mol. The molecule has 1 amide bonds. The number of hydrogen-bond acceptors (Lipinski definition) is 5. The maximum Gasteiger partial charge on any atom is 0.417 e. The SMILES string of the molecule is CCS(=O)(=O)N1CCC(CNC(=O)c2ccc3c(c2)CN(CC2CCC(OC)(C(F)(F)F)CC2)[C@@H]3C(C)C)CC1. The number of piperidine rings is 1. The lowest BCUT2D eigenvalue weighted by atomic mass is 9.77. The molecule has 40 heavy (non-hydrogen) atoms. The zero-order chi connectivity index (χ0) is 29.3. The molecule has 1 atom stereocenters. The lowest BCUT2D eigenvalue weighted by molar-refractivity contribution is -0.282. The number of nitrogens with one attached hydrogen (secondary N) is 1. The van der Waals surface area contributed by atoms with E-state index in [1.165, 1.54) is 5.56 Å². The summed E-state index contributed by atoms with van der Waals surface area (Å²) < 4.78 is 71.6. The van der Waals surface area contributed by atoms with E-state index in [4.69, 9.17) is 4.74 Å². The molecule has 1 aromatic rings. The zero-order valence-corrected chi connectivity index (χ0v) is 24.9.